The maximum absolute atomic E-state index is 12.0. The van der Waals surface area contributed by atoms with Crippen molar-refractivity contribution >= 4 is 23.5 Å². The van der Waals surface area contributed by atoms with Crippen molar-refractivity contribution in [3.8, 4) is 5.82 Å². The number of hydrogen-bond acceptors (Lipinski definition) is 5. The average molecular weight is 311 g/mol. The van der Waals surface area contributed by atoms with Gasteiger partial charge >= 0.3 is 0 Å². The fourth-order valence-electron chi connectivity index (χ4n) is 1.81. The number of hydrogen-bond donors (Lipinski definition) is 1. The summed E-state index contributed by atoms with van der Waals surface area (Å²) in [6.07, 6.45) is 4.78. The van der Waals surface area contributed by atoms with E-state index in [2.05, 4.69) is 20.5 Å². The van der Waals surface area contributed by atoms with Crippen molar-refractivity contribution in [2.75, 3.05) is 0 Å². The summed E-state index contributed by atoms with van der Waals surface area (Å²) in [4.78, 5) is 21.4. The summed E-state index contributed by atoms with van der Waals surface area (Å²) in [7, 11) is 0. The minimum absolute atomic E-state index is 0.284. The van der Waals surface area contributed by atoms with Gasteiger partial charge < -0.3 is 0 Å². The van der Waals surface area contributed by atoms with Gasteiger partial charge in [0.2, 0.25) is 0 Å². The summed E-state index contributed by atoms with van der Waals surface area (Å²) in [5.74, 6) is 0.354. The van der Waals surface area contributed by atoms with Gasteiger partial charge in [0.15, 0.2) is 0 Å². The third-order valence-electron chi connectivity index (χ3n) is 2.85. The van der Waals surface area contributed by atoms with E-state index in [-0.39, 0.29) is 11.6 Å². The predicted octanol–water partition coefficient (Wildman–Crippen LogP) is 2.40. The van der Waals surface area contributed by atoms with Gasteiger partial charge in [-0.2, -0.15) is 5.10 Å². The van der Waals surface area contributed by atoms with Crippen LogP contribution in [-0.2, 0) is 0 Å². The van der Waals surface area contributed by atoms with E-state index in [0.717, 1.165) is 10.6 Å². The summed E-state index contributed by atoms with van der Waals surface area (Å²) in [6.45, 7) is 1.91. The molecule has 0 unspecified atom stereocenters. The highest BCUT2D eigenvalue weighted by atomic mass is 32.1. The Kier molecular flexibility index (Phi) is 4.06. The first kappa shape index (κ1) is 14.2. The lowest BCUT2D eigenvalue weighted by Crippen LogP contribution is -2.17. The zero-order valence-corrected chi connectivity index (χ0v) is 12.6. The van der Waals surface area contributed by atoms with E-state index in [1.165, 1.54) is 0 Å². The molecule has 0 aliphatic heterocycles. The van der Waals surface area contributed by atoms with Crippen molar-refractivity contribution in [3.63, 3.8) is 0 Å². The van der Waals surface area contributed by atoms with Gasteiger partial charge in [-0.15, -0.1) is 11.3 Å². The molecule has 0 radical (unpaired) electrons. The molecule has 0 saturated carbocycles. The molecule has 3 rings (SSSR count). The molecule has 0 bridgehead atoms. The van der Waals surface area contributed by atoms with E-state index in [1.807, 2.05) is 42.6 Å². The van der Waals surface area contributed by atoms with Crippen LogP contribution in [0.5, 0.6) is 0 Å². The third-order valence-corrected chi connectivity index (χ3v) is 3.66. The van der Waals surface area contributed by atoms with Crippen LogP contribution >= 0.6 is 11.3 Å². The van der Waals surface area contributed by atoms with Crippen LogP contribution in [0.25, 0.3) is 5.82 Å². The first-order valence-electron chi connectivity index (χ1n) is 6.57. The molecule has 110 valence electrons. The topological polar surface area (TPSA) is 72.2 Å². The second kappa shape index (κ2) is 6.31. The Morgan fingerprint density at radius 3 is 3.05 bits per heavy atom. The van der Waals surface area contributed by atoms with Gasteiger partial charge in [0.05, 0.1) is 6.21 Å². The summed E-state index contributed by atoms with van der Waals surface area (Å²) in [5.41, 5.74) is 3.64. The highest BCUT2D eigenvalue weighted by Crippen LogP contribution is 2.07. The second-order valence-electron chi connectivity index (χ2n) is 4.52. The van der Waals surface area contributed by atoms with Gasteiger partial charge in [0.1, 0.15) is 17.8 Å². The lowest BCUT2D eigenvalue weighted by molar-refractivity contribution is 0.0950. The number of rotatable bonds is 4. The van der Waals surface area contributed by atoms with Gasteiger partial charge in [0.25, 0.3) is 5.91 Å². The predicted molar refractivity (Wildman–Crippen MR) is 85.5 cm³/mol. The number of aromatic nitrogens is 3. The second-order valence-corrected chi connectivity index (χ2v) is 5.50. The zero-order valence-electron chi connectivity index (χ0n) is 11.8. The van der Waals surface area contributed by atoms with E-state index in [0.29, 0.717) is 5.82 Å². The molecule has 0 spiro atoms. The summed E-state index contributed by atoms with van der Waals surface area (Å²) < 4.78 is 1.70. The van der Waals surface area contributed by atoms with Crippen molar-refractivity contribution in [3.05, 3.63) is 64.5 Å². The van der Waals surface area contributed by atoms with Crippen LogP contribution in [0.1, 0.15) is 21.1 Å². The number of nitrogens with zero attached hydrogens (tertiary/aromatic N) is 4. The first-order valence-corrected chi connectivity index (χ1v) is 7.45. The number of thiophene rings is 1. The maximum Gasteiger partial charge on any atom is 0.291 e. The molecule has 1 amide bonds. The minimum atomic E-state index is -0.362. The normalized spacial score (nSPS) is 11.0. The molecule has 0 atom stereocenters. The molecule has 0 saturated heterocycles. The average Bonchev–Trinajstić information content (AvgIpc) is 3.19. The van der Waals surface area contributed by atoms with Crippen LogP contribution < -0.4 is 5.43 Å². The van der Waals surface area contributed by atoms with Gasteiger partial charge in [-0.05, 0) is 30.5 Å². The molecule has 3 aromatic heterocycles. The Balaban J connectivity index is 1.69. The molecule has 22 heavy (non-hydrogen) atoms. The van der Waals surface area contributed by atoms with E-state index >= 15 is 0 Å². The molecule has 0 aliphatic carbocycles. The van der Waals surface area contributed by atoms with Gasteiger partial charge in [-0.1, -0.05) is 12.1 Å². The maximum atomic E-state index is 12.0. The molecule has 0 aliphatic rings. The highest BCUT2D eigenvalue weighted by Gasteiger charge is 2.09. The van der Waals surface area contributed by atoms with Crippen LogP contribution in [-0.4, -0.2) is 26.7 Å². The monoisotopic (exact) mass is 311 g/mol. The van der Waals surface area contributed by atoms with Crippen LogP contribution in [0.15, 0.2) is 53.3 Å². The van der Waals surface area contributed by atoms with Crippen molar-refractivity contribution in [1.29, 1.82) is 0 Å². The molecule has 1 N–H and O–H groups in total. The van der Waals surface area contributed by atoms with E-state index in [4.69, 9.17) is 0 Å². The lowest BCUT2D eigenvalue weighted by Gasteiger charge is -2.00. The number of aryl methyl sites for hydroxylation is 1. The smallest absolute Gasteiger partial charge is 0.290 e. The molecule has 6 nitrogen and oxygen atoms in total. The van der Waals surface area contributed by atoms with Gasteiger partial charge in [-0.25, -0.2) is 15.4 Å². The number of pyridine rings is 1. The van der Waals surface area contributed by atoms with Crippen LogP contribution in [0.2, 0.25) is 0 Å². The molecule has 0 fully saturated rings. The number of amides is 1. The van der Waals surface area contributed by atoms with Gasteiger partial charge in [0, 0.05) is 16.8 Å². The minimum Gasteiger partial charge on any atom is -0.290 e. The standard InChI is InChI=1S/C15H13N5OS/c1-11-4-2-6-14(18-11)20-9-13(16-10-20)15(21)19-17-8-12-5-3-7-22-12/h2-10H,1H3,(H,19,21)/b17-8-. The van der Waals surface area contributed by atoms with Crippen LogP contribution in [0.4, 0.5) is 0 Å². The van der Waals surface area contributed by atoms with E-state index in [9.17, 15) is 4.79 Å². The zero-order chi connectivity index (χ0) is 15.4. The van der Waals surface area contributed by atoms with Crippen molar-refractivity contribution in [2.24, 2.45) is 5.10 Å². The lowest BCUT2D eigenvalue weighted by atomic mass is 10.4. The van der Waals surface area contributed by atoms with Crippen LogP contribution in [0.3, 0.4) is 0 Å². The Labute approximate surface area is 131 Å². The Morgan fingerprint density at radius 1 is 1.36 bits per heavy atom. The Morgan fingerprint density at radius 2 is 2.27 bits per heavy atom. The summed E-state index contributed by atoms with van der Waals surface area (Å²) in [6, 6.07) is 9.50. The first-order chi connectivity index (χ1) is 10.7. The van der Waals surface area contributed by atoms with Crippen molar-refractivity contribution in [1.82, 2.24) is 20.0 Å². The fraction of sp³-hybridized carbons (Fsp3) is 0.0667. The summed E-state index contributed by atoms with van der Waals surface area (Å²) >= 11 is 1.54. The summed E-state index contributed by atoms with van der Waals surface area (Å²) in [5, 5.41) is 5.85. The number of nitrogens with one attached hydrogen (secondary N) is 1. The molecule has 0 aromatic carbocycles. The molecule has 7 heteroatoms. The molecule has 3 heterocycles. The number of imidazole rings is 1. The van der Waals surface area contributed by atoms with Crippen molar-refractivity contribution in [2.45, 2.75) is 6.92 Å². The number of hydrazone groups is 1. The van der Waals surface area contributed by atoms with E-state index in [1.54, 1.807) is 34.6 Å². The fourth-order valence-corrected chi connectivity index (χ4v) is 2.40. The Bertz CT molecular complexity index is 807. The quantitative estimate of drug-likeness (QED) is 0.594. The van der Waals surface area contributed by atoms with Crippen LogP contribution in [0, 0.1) is 6.92 Å². The van der Waals surface area contributed by atoms with Gasteiger partial charge in [-0.3, -0.25) is 9.36 Å². The molecular weight excluding hydrogens is 298 g/mol. The Hall–Kier alpha value is -2.80. The molecule has 3 aromatic rings. The number of carbonyl (C=O) groups excluding carboxylic acids is 1. The number of carbonyl (C=O) groups is 1. The van der Waals surface area contributed by atoms with Crippen molar-refractivity contribution < 1.29 is 4.79 Å². The third kappa shape index (κ3) is 3.26. The molecular formula is C15H13N5OS. The largest absolute Gasteiger partial charge is 0.291 e. The highest BCUT2D eigenvalue weighted by molar-refractivity contribution is 7.11. The SMILES string of the molecule is Cc1cccc(-n2cnc(C(=O)N/N=C\c3cccs3)c2)n1. The van der Waals surface area contributed by atoms with E-state index < -0.39 is 0 Å².